The third kappa shape index (κ3) is 4.42. The molecule has 3 heterocycles. The molecule has 3 amide bonds. The van der Waals surface area contributed by atoms with Crippen LogP contribution >= 0.6 is 0 Å². The average molecular weight is 373 g/mol. The summed E-state index contributed by atoms with van der Waals surface area (Å²) in [5.41, 5.74) is 1.18. The molecule has 0 unspecified atom stereocenters. The fourth-order valence-corrected chi connectivity index (χ4v) is 4.08. The predicted octanol–water partition coefficient (Wildman–Crippen LogP) is 1.38. The molecule has 2 atom stereocenters. The van der Waals surface area contributed by atoms with Gasteiger partial charge in [0.25, 0.3) is 0 Å². The van der Waals surface area contributed by atoms with Gasteiger partial charge in [-0.1, -0.05) is 30.3 Å². The van der Waals surface area contributed by atoms with E-state index in [0.29, 0.717) is 32.8 Å². The number of urea groups is 1. The third-order valence-electron chi connectivity index (χ3n) is 5.64. The lowest BCUT2D eigenvalue weighted by Crippen LogP contribution is -2.62. The molecular formula is C20H27N3O4. The number of hydrogen-bond donors (Lipinski definition) is 1. The van der Waals surface area contributed by atoms with E-state index in [0.717, 1.165) is 19.3 Å². The lowest BCUT2D eigenvalue weighted by molar-refractivity contribution is -0.139. The maximum atomic E-state index is 12.9. The number of ether oxygens (including phenoxy) is 2. The number of carbonyl (C=O) groups excluding carboxylic acids is 2. The molecule has 1 aromatic carbocycles. The van der Waals surface area contributed by atoms with Gasteiger partial charge in [-0.15, -0.1) is 0 Å². The number of hydrogen-bond acceptors (Lipinski definition) is 4. The van der Waals surface area contributed by atoms with Crippen LogP contribution in [-0.4, -0.2) is 72.8 Å². The average Bonchev–Trinajstić information content (AvgIpc) is 2.72. The first kappa shape index (κ1) is 18.3. The van der Waals surface area contributed by atoms with E-state index in [1.54, 1.807) is 0 Å². The molecule has 3 fully saturated rings. The molecule has 0 saturated carbocycles. The van der Waals surface area contributed by atoms with E-state index in [1.165, 1.54) is 5.56 Å². The number of nitrogens with zero attached hydrogens (tertiary/aromatic N) is 2. The minimum absolute atomic E-state index is 0.0314. The Morgan fingerprint density at radius 2 is 1.85 bits per heavy atom. The first-order valence-corrected chi connectivity index (χ1v) is 9.79. The standard InChI is InChI=1S/C20H27N3O4/c24-19-14-27-18-8-11-23(12-17(18)21-19)20(25)22-9-6-16(7-10-22)26-13-15-4-2-1-3-5-15/h1-5,16-18H,6-14H2,(H,21,24)/t17-,18+/m1/s1. The van der Waals surface area contributed by atoms with E-state index in [2.05, 4.69) is 17.4 Å². The second kappa shape index (κ2) is 8.27. The van der Waals surface area contributed by atoms with E-state index in [1.807, 2.05) is 28.0 Å². The number of amides is 3. The van der Waals surface area contributed by atoms with Gasteiger partial charge in [-0.25, -0.2) is 4.79 Å². The Bertz CT molecular complexity index is 660. The number of nitrogens with one attached hydrogen (secondary N) is 1. The highest BCUT2D eigenvalue weighted by Gasteiger charge is 2.38. The number of morpholine rings is 1. The Balaban J connectivity index is 1.23. The fraction of sp³-hybridized carbons (Fsp3) is 0.600. The summed E-state index contributed by atoms with van der Waals surface area (Å²) >= 11 is 0. The number of fused-ring (bicyclic) bond motifs is 1. The molecule has 4 rings (SSSR count). The van der Waals surface area contributed by atoms with Crippen molar-refractivity contribution < 1.29 is 19.1 Å². The highest BCUT2D eigenvalue weighted by atomic mass is 16.5. The lowest BCUT2D eigenvalue weighted by Gasteiger charge is -2.43. The van der Waals surface area contributed by atoms with Crippen molar-refractivity contribution in [2.75, 3.05) is 32.8 Å². The molecule has 0 radical (unpaired) electrons. The normalized spacial score (nSPS) is 26.4. The molecule has 1 aromatic rings. The van der Waals surface area contributed by atoms with Gasteiger partial charge in [0.05, 0.1) is 24.9 Å². The first-order valence-electron chi connectivity index (χ1n) is 9.79. The number of rotatable bonds is 3. The van der Waals surface area contributed by atoms with Crippen LogP contribution in [0.15, 0.2) is 30.3 Å². The van der Waals surface area contributed by atoms with Gasteiger partial charge in [-0.3, -0.25) is 4.79 Å². The van der Waals surface area contributed by atoms with Crippen molar-refractivity contribution in [2.24, 2.45) is 0 Å². The third-order valence-corrected chi connectivity index (χ3v) is 5.64. The van der Waals surface area contributed by atoms with Gasteiger partial charge in [0.2, 0.25) is 5.91 Å². The number of likely N-dealkylation sites (tertiary alicyclic amines) is 2. The Morgan fingerprint density at radius 3 is 2.63 bits per heavy atom. The van der Waals surface area contributed by atoms with Gasteiger partial charge in [0.15, 0.2) is 0 Å². The monoisotopic (exact) mass is 373 g/mol. The van der Waals surface area contributed by atoms with Crippen LogP contribution in [0.5, 0.6) is 0 Å². The Labute approximate surface area is 159 Å². The number of piperidine rings is 2. The summed E-state index contributed by atoms with van der Waals surface area (Å²) in [6, 6.07) is 10.1. The predicted molar refractivity (Wildman–Crippen MR) is 99.1 cm³/mol. The van der Waals surface area contributed by atoms with Gasteiger partial charge in [0.1, 0.15) is 6.61 Å². The van der Waals surface area contributed by atoms with Crippen molar-refractivity contribution >= 4 is 11.9 Å². The number of benzene rings is 1. The van der Waals surface area contributed by atoms with E-state index >= 15 is 0 Å². The van der Waals surface area contributed by atoms with E-state index in [4.69, 9.17) is 9.47 Å². The summed E-state index contributed by atoms with van der Waals surface area (Å²) in [5.74, 6) is -0.0954. The molecule has 3 aliphatic rings. The molecule has 0 bridgehead atoms. The summed E-state index contributed by atoms with van der Waals surface area (Å²) < 4.78 is 11.6. The van der Waals surface area contributed by atoms with Crippen LogP contribution in [0.1, 0.15) is 24.8 Å². The quantitative estimate of drug-likeness (QED) is 0.869. The molecule has 0 aromatic heterocycles. The molecule has 1 N–H and O–H groups in total. The molecule has 0 aliphatic carbocycles. The van der Waals surface area contributed by atoms with Crippen LogP contribution < -0.4 is 5.32 Å². The van der Waals surface area contributed by atoms with Crippen molar-refractivity contribution in [3.8, 4) is 0 Å². The van der Waals surface area contributed by atoms with Crippen LogP contribution in [0.25, 0.3) is 0 Å². The molecule has 146 valence electrons. The zero-order valence-electron chi connectivity index (χ0n) is 15.5. The Hall–Kier alpha value is -2.12. The maximum absolute atomic E-state index is 12.9. The van der Waals surface area contributed by atoms with Gasteiger partial charge in [-0.2, -0.15) is 0 Å². The first-order chi connectivity index (χ1) is 13.2. The van der Waals surface area contributed by atoms with Gasteiger partial charge < -0.3 is 24.6 Å². The highest BCUT2D eigenvalue weighted by Crippen LogP contribution is 2.21. The van der Waals surface area contributed by atoms with Crippen molar-refractivity contribution in [3.05, 3.63) is 35.9 Å². The minimum atomic E-state index is -0.0954. The van der Waals surface area contributed by atoms with Crippen LogP contribution in [0.4, 0.5) is 4.79 Å². The summed E-state index contributed by atoms with van der Waals surface area (Å²) in [7, 11) is 0. The molecule has 7 heteroatoms. The smallest absolute Gasteiger partial charge is 0.320 e. The largest absolute Gasteiger partial charge is 0.373 e. The van der Waals surface area contributed by atoms with Gasteiger partial charge >= 0.3 is 6.03 Å². The van der Waals surface area contributed by atoms with Crippen LogP contribution in [0, 0.1) is 0 Å². The summed E-state index contributed by atoms with van der Waals surface area (Å²) in [4.78, 5) is 28.1. The summed E-state index contributed by atoms with van der Waals surface area (Å²) in [5, 5.41) is 2.95. The Kier molecular flexibility index (Phi) is 5.59. The molecule has 3 saturated heterocycles. The van der Waals surface area contributed by atoms with E-state index in [-0.39, 0.29) is 36.8 Å². The number of carbonyl (C=O) groups is 2. The van der Waals surface area contributed by atoms with Crippen molar-refractivity contribution in [3.63, 3.8) is 0 Å². The van der Waals surface area contributed by atoms with Crippen LogP contribution in [0.3, 0.4) is 0 Å². The Morgan fingerprint density at radius 1 is 1.11 bits per heavy atom. The van der Waals surface area contributed by atoms with E-state index < -0.39 is 0 Å². The SMILES string of the molecule is O=C1CO[C@H]2CCN(C(=O)N3CCC(OCc4ccccc4)CC3)C[C@H]2N1. The molecule has 3 aliphatic heterocycles. The van der Waals surface area contributed by atoms with Gasteiger partial charge in [-0.05, 0) is 24.8 Å². The van der Waals surface area contributed by atoms with Gasteiger partial charge in [0, 0.05) is 26.2 Å². The second-order valence-electron chi connectivity index (χ2n) is 7.52. The topological polar surface area (TPSA) is 71.1 Å². The van der Waals surface area contributed by atoms with Crippen molar-refractivity contribution in [1.29, 1.82) is 0 Å². The molecule has 0 spiro atoms. The van der Waals surface area contributed by atoms with Crippen LogP contribution in [0.2, 0.25) is 0 Å². The summed E-state index contributed by atoms with van der Waals surface area (Å²) in [6.07, 6.45) is 2.72. The maximum Gasteiger partial charge on any atom is 0.320 e. The zero-order valence-corrected chi connectivity index (χ0v) is 15.5. The van der Waals surface area contributed by atoms with E-state index in [9.17, 15) is 9.59 Å². The summed E-state index contributed by atoms with van der Waals surface area (Å²) in [6.45, 7) is 3.39. The van der Waals surface area contributed by atoms with Crippen LogP contribution in [-0.2, 0) is 20.9 Å². The van der Waals surface area contributed by atoms with Crippen molar-refractivity contribution in [1.82, 2.24) is 15.1 Å². The molecule has 7 nitrogen and oxygen atoms in total. The zero-order chi connectivity index (χ0) is 18.6. The minimum Gasteiger partial charge on any atom is -0.373 e. The molecule has 27 heavy (non-hydrogen) atoms. The van der Waals surface area contributed by atoms with Crippen molar-refractivity contribution in [2.45, 2.75) is 44.1 Å². The highest BCUT2D eigenvalue weighted by molar-refractivity contribution is 5.79. The second-order valence-corrected chi connectivity index (χ2v) is 7.52. The lowest BCUT2D eigenvalue weighted by atomic mass is 10.0. The molecular weight excluding hydrogens is 346 g/mol. The fourth-order valence-electron chi connectivity index (χ4n) is 4.08.